The lowest BCUT2D eigenvalue weighted by Gasteiger charge is -2.39. The van der Waals surface area contributed by atoms with E-state index in [1.807, 2.05) is 23.1 Å². The zero-order chi connectivity index (χ0) is 29.6. The molecule has 4 aromatic rings. The first-order valence-corrected chi connectivity index (χ1v) is 15.4. The van der Waals surface area contributed by atoms with Gasteiger partial charge in [0, 0.05) is 62.0 Å². The molecule has 0 unspecified atom stereocenters. The predicted molar refractivity (Wildman–Crippen MR) is 168 cm³/mol. The van der Waals surface area contributed by atoms with E-state index in [4.69, 9.17) is 14.2 Å². The van der Waals surface area contributed by atoms with Gasteiger partial charge in [0.15, 0.2) is 11.4 Å². The second kappa shape index (κ2) is 14.7. The van der Waals surface area contributed by atoms with Gasteiger partial charge in [0.25, 0.3) is 5.91 Å². The van der Waals surface area contributed by atoms with Gasteiger partial charge in [-0.2, -0.15) is 0 Å². The first kappa shape index (κ1) is 31.5. The molecule has 8 rings (SSSR count). The summed E-state index contributed by atoms with van der Waals surface area (Å²) >= 11 is 0. The molecule has 2 aliphatic heterocycles. The number of hydrogen-bond donors (Lipinski definition) is 2. The van der Waals surface area contributed by atoms with Gasteiger partial charge < -0.3 is 24.4 Å². The van der Waals surface area contributed by atoms with Crippen molar-refractivity contribution >= 4 is 24.3 Å². The fourth-order valence-electron chi connectivity index (χ4n) is 6.09. The van der Waals surface area contributed by atoms with E-state index in [2.05, 4.69) is 58.1 Å². The van der Waals surface area contributed by atoms with Crippen LogP contribution in [0.5, 0.6) is 0 Å². The van der Waals surface area contributed by atoms with Gasteiger partial charge in [-0.1, -0.05) is 71.0 Å². The summed E-state index contributed by atoms with van der Waals surface area (Å²) in [5.41, 5.74) is 5.29. The highest BCUT2D eigenvalue weighted by molar-refractivity contribution is 5.94. The van der Waals surface area contributed by atoms with E-state index in [1.165, 1.54) is 11.1 Å². The van der Waals surface area contributed by atoms with Crippen LogP contribution in [0.4, 0.5) is 0 Å². The van der Waals surface area contributed by atoms with Crippen LogP contribution in [0.25, 0.3) is 0 Å². The molecule has 2 fully saturated rings. The molecule has 4 aliphatic rings. The summed E-state index contributed by atoms with van der Waals surface area (Å²) in [6.45, 7) is 3.88. The maximum atomic E-state index is 12.5. The highest BCUT2D eigenvalue weighted by atomic mass is 35.5. The largest absolute Gasteiger partial charge is 0.476 e. The molecule has 0 spiro atoms. The van der Waals surface area contributed by atoms with E-state index in [0.29, 0.717) is 11.6 Å². The lowest BCUT2D eigenvalue weighted by Crippen LogP contribution is -2.48. The van der Waals surface area contributed by atoms with Gasteiger partial charge in [-0.05, 0) is 49.7 Å². The molecule has 0 saturated carbocycles. The minimum Gasteiger partial charge on any atom is -0.476 e. The quantitative estimate of drug-likeness (QED) is 0.293. The number of hydrogen-bond acceptors (Lipinski definition) is 7. The number of carboxylic acids is 1. The number of aromatic nitrogens is 2. The molecule has 10 heteroatoms. The number of aromatic carboxylic acids is 1. The lowest BCUT2D eigenvalue weighted by molar-refractivity contribution is 0.0590. The molecule has 4 heterocycles. The van der Waals surface area contributed by atoms with Crippen molar-refractivity contribution in [3.05, 3.63) is 106 Å². The third kappa shape index (κ3) is 7.05. The standard InChI is InChI=1S/C17H18N2O2.C9H11N.C8H9NO3.ClH/c20-17(16-14-8-4-5-9-15(14)21-18-16)19-10-13(11-19)12-6-2-1-3-7-12;1-2-4-8(5-3-1)9-6-10-7-9;10-8(11)7-5-3-1-2-4-6(5)12-9-7;/h1-3,6-7,13H,4-5,8-11H2;1-5,9-10H,6-7H2;1-4H2,(H,10,11);1H. The Bertz CT molecular complexity index is 1530. The summed E-state index contributed by atoms with van der Waals surface area (Å²) in [5, 5.41) is 19.5. The molecule has 2 aromatic carbocycles. The fraction of sp³-hybridized carbons (Fsp3) is 0.412. The summed E-state index contributed by atoms with van der Waals surface area (Å²) in [6.07, 6.45) is 7.83. The molecule has 1 amide bonds. The number of carbonyl (C=O) groups is 2. The Morgan fingerprint density at radius 1 is 0.705 bits per heavy atom. The highest BCUT2D eigenvalue weighted by Crippen LogP contribution is 2.31. The third-order valence-electron chi connectivity index (χ3n) is 8.80. The average molecular weight is 619 g/mol. The van der Waals surface area contributed by atoms with E-state index in [1.54, 1.807) is 0 Å². The van der Waals surface area contributed by atoms with Crippen molar-refractivity contribution < 1.29 is 23.7 Å². The Labute approximate surface area is 263 Å². The van der Waals surface area contributed by atoms with Gasteiger partial charge in [0.05, 0.1) is 0 Å². The first-order valence-electron chi connectivity index (χ1n) is 15.4. The molecule has 2 aromatic heterocycles. The molecule has 0 atom stereocenters. The Hall–Kier alpha value is -3.95. The van der Waals surface area contributed by atoms with E-state index in [-0.39, 0.29) is 24.0 Å². The minimum absolute atomic E-state index is 0. The van der Waals surface area contributed by atoms with Crippen LogP contribution in [0.2, 0.25) is 0 Å². The van der Waals surface area contributed by atoms with E-state index in [9.17, 15) is 9.59 Å². The Morgan fingerprint density at radius 2 is 1.18 bits per heavy atom. The van der Waals surface area contributed by atoms with Gasteiger partial charge >= 0.3 is 5.97 Å². The van der Waals surface area contributed by atoms with Crippen molar-refractivity contribution in [2.75, 3.05) is 26.2 Å². The second-order valence-corrected chi connectivity index (χ2v) is 11.7. The lowest BCUT2D eigenvalue weighted by atomic mass is 9.90. The van der Waals surface area contributed by atoms with Gasteiger partial charge in [-0.15, -0.1) is 12.4 Å². The molecule has 2 aliphatic carbocycles. The number of benzene rings is 2. The molecule has 9 nitrogen and oxygen atoms in total. The van der Waals surface area contributed by atoms with E-state index >= 15 is 0 Å². The van der Waals surface area contributed by atoms with Gasteiger partial charge in [0.2, 0.25) is 0 Å². The molecule has 0 radical (unpaired) electrons. The number of carbonyl (C=O) groups excluding carboxylic acids is 1. The minimum atomic E-state index is -0.984. The summed E-state index contributed by atoms with van der Waals surface area (Å²) in [5.74, 6) is 1.97. The third-order valence-corrected chi connectivity index (χ3v) is 8.80. The molecule has 44 heavy (non-hydrogen) atoms. The van der Waals surface area contributed by atoms with E-state index < -0.39 is 5.97 Å². The van der Waals surface area contributed by atoms with Crippen molar-refractivity contribution in [1.82, 2.24) is 20.5 Å². The van der Waals surface area contributed by atoms with Crippen LogP contribution in [-0.4, -0.2) is 58.4 Å². The van der Waals surface area contributed by atoms with Crippen molar-refractivity contribution in [2.45, 2.75) is 63.2 Å². The molecule has 0 bridgehead atoms. The van der Waals surface area contributed by atoms with Crippen LogP contribution < -0.4 is 5.32 Å². The fourth-order valence-corrected chi connectivity index (χ4v) is 6.09. The van der Waals surface area contributed by atoms with Crippen molar-refractivity contribution in [3.8, 4) is 0 Å². The van der Waals surface area contributed by atoms with Crippen molar-refractivity contribution in [2.24, 2.45) is 0 Å². The number of fused-ring (bicyclic) bond motifs is 2. The van der Waals surface area contributed by atoms with Crippen LogP contribution >= 0.6 is 12.4 Å². The number of carboxylic acid groups (broad SMARTS) is 1. The van der Waals surface area contributed by atoms with Crippen molar-refractivity contribution in [1.29, 1.82) is 0 Å². The first-order chi connectivity index (χ1) is 21.1. The van der Waals surface area contributed by atoms with Crippen LogP contribution in [0, 0.1) is 0 Å². The monoisotopic (exact) mass is 618 g/mol. The maximum absolute atomic E-state index is 12.5. The van der Waals surface area contributed by atoms with Gasteiger partial charge in [-0.3, -0.25) is 4.79 Å². The SMILES string of the molecule is Cl.O=C(O)c1noc2c1CCCC2.O=C(c1noc2c1CCCC2)N1CC(c2ccccc2)C1.c1ccc(C2CNC2)cc1. The Balaban J connectivity index is 0.000000142. The number of rotatable bonds is 4. The van der Waals surface area contributed by atoms with E-state index in [0.717, 1.165) is 106 Å². The maximum Gasteiger partial charge on any atom is 0.358 e. The molecular formula is C34H39ClN4O5. The van der Waals surface area contributed by atoms with Gasteiger partial charge in [-0.25, -0.2) is 4.79 Å². The predicted octanol–water partition coefficient (Wildman–Crippen LogP) is 5.84. The molecule has 2 saturated heterocycles. The number of nitrogens with zero attached hydrogens (tertiary/aromatic N) is 3. The number of halogens is 1. The molecule has 232 valence electrons. The van der Waals surface area contributed by atoms with Crippen LogP contribution in [-0.2, 0) is 25.7 Å². The smallest absolute Gasteiger partial charge is 0.358 e. The van der Waals surface area contributed by atoms with Gasteiger partial charge in [0.1, 0.15) is 11.5 Å². The van der Waals surface area contributed by atoms with Crippen LogP contribution in [0.1, 0.15) is 92.3 Å². The summed E-state index contributed by atoms with van der Waals surface area (Å²) < 4.78 is 10.3. The number of amides is 1. The topological polar surface area (TPSA) is 122 Å². The molecule has 2 N–H and O–H groups in total. The van der Waals surface area contributed by atoms with Crippen LogP contribution in [0.3, 0.4) is 0 Å². The number of aryl methyl sites for hydroxylation is 2. The summed E-state index contributed by atoms with van der Waals surface area (Å²) in [4.78, 5) is 25.0. The summed E-state index contributed by atoms with van der Waals surface area (Å²) in [6, 6.07) is 21.1. The number of nitrogens with one attached hydrogen (secondary N) is 1. The zero-order valence-corrected chi connectivity index (χ0v) is 25.6. The second-order valence-electron chi connectivity index (χ2n) is 11.7. The Morgan fingerprint density at radius 3 is 1.68 bits per heavy atom. The highest BCUT2D eigenvalue weighted by Gasteiger charge is 2.35. The summed E-state index contributed by atoms with van der Waals surface area (Å²) in [7, 11) is 0. The van der Waals surface area contributed by atoms with Crippen molar-refractivity contribution in [3.63, 3.8) is 0 Å². The average Bonchev–Trinajstić information content (AvgIpc) is 3.62. The van der Waals surface area contributed by atoms with Crippen LogP contribution in [0.15, 0.2) is 69.7 Å². The Kier molecular flexibility index (Phi) is 10.5. The zero-order valence-electron chi connectivity index (χ0n) is 24.7. The normalized spacial score (nSPS) is 17.1. The molecular weight excluding hydrogens is 580 g/mol. The number of likely N-dealkylation sites (tertiary alicyclic amines) is 1.